The van der Waals surface area contributed by atoms with Crippen LogP contribution in [0.15, 0.2) is 35.9 Å². The zero-order valence-electron chi connectivity index (χ0n) is 18.1. The molecule has 6 rings (SSSR count). The summed E-state index contributed by atoms with van der Waals surface area (Å²) < 4.78 is 0. The highest BCUT2D eigenvalue weighted by Crippen LogP contribution is 2.45. The van der Waals surface area contributed by atoms with E-state index in [-0.39, 0.29) is 5.91 Å². The minimum Gasteiger partial charge on any atom is -0.312 e. The molecular weight excluding hydrogens is 370 g/mol. The number of carbonyl (C=O) groups excluding carboxylic acids is 1. The quantitative estimate of drug-likeness (QED) is 0.705. The average Bonchev–Trinajstić information content (AvgIpc) is 3.20. The number of rotatable bonds is 3. The molecule has 4 fully saturated rings. The highest BCUT2D eigenvalue weighted by molar-refractivity contribution is 5.95. The van der Waals surface area contributed by atoms with E-state index in [2.05, 4.69) is 40.1 Å². The molecule has 0 saturated carbocycles. The first-order valence-corrected chi connectivity index (χ1v) is 12.3. The molecule has 4 heterocycles. The maximum Gasteiger partial charge on any atom is 0.227 e. The second-order valence-electron chi connectivity index (χ2n) is 10.3. The molecule has 5 aliphatic rings. The van der Waals surface area contributed by atoms with Crippen LogP contribution < -0.4 is 4.90 Å². The summed E-state index contributed by atoms with van der Waals surface area (Å²) in [5.41, 5.74) is 4.22. The van der Waals surface area contributed by atoms with Gasteiger partial charge in [0.2, 0.25) is 5.91 Å². The normalized spacial score (nSPS) is 34.5. The van der Waals surface area contributed by atoms with Gasteiger partial charge in [0.25, 0.3) is 0 Å². The van der Waals surface area contributed by atoms with Crippen LogP contribution in [0.3, 0.4) is 0 Å². The third-order valence-corrected chi connectivity index (χ3v) is 8.47. The van der Waals surface area contributed by atoms with E-state index in [0.717, 1.165) is 43.1 Å². The number of likely N-dealkylation sites (tertiary alicyclic amines) is 1. The molecular formula is C26H35N3O. The van der Waals surface area contributed by atoms with Gasteiger partial charge in [0.1, 0.15) is 0 Å². The Morgan fingerprint density at radius 2 is 1.80 bits per heavy atom. The zero-order valence-corrected chi connectivity index (χ0v) is 18.1. The average molecular weight is 406 g/mol. The van der Waals surface area contributed by atoms with E-state index in [1.807, 2.05) is 4.90 Å². The molecule has 4 atom stereocenters. The molecule has 160 valence electrons. The molecule has 2 bridgehead atoms. The lowest BCUT2D eigenvalue weighted by molar-refractivity contribution is -0.117. The maximum atomic E-state index is 12.0. The number of hydrogen-bond donors (Lipinski definition) is 0. The first kappa shape index (κ1) is 19.1. The van der Waals surface area contributed by atoms with E-state index in [1.54, 1.807) is 5.57 Å². The number of amides is 1. The lowest BCUT2D eigenvalue weighted by atomic mass is 9.68. The third kappa shape index (κ3) is 3.33. The molecule has 0 radical (unpaired) electrons. The van der Waals surface area contributed by atoms with Crippen molar-refractivity contribution in [1.29, 1.82) is 0 Å². The monoisotopic (exact) mass is 405 g/mol. The van der Waals surface area contributed by atoms with Gasteiger partial charge >= 0.3 is 0 Å². The van der Waals surface area contributed by atoms with Crippen LogP contribution in [0.2, 0.25) is 0 Å². The van der Waals surface area contributed by atoms with Crippen LogP contribution in [0.4, 0.5) is 5.69 Å². The third-order valence-electron chi connectivity index (χ3n) is 8.47. The van der Waals surface area contributed by atoms with Gasteiger partial charge in [-0.15, -0.1) is 0 Å². The highest BCUT2D eigenvalue weighted by Gasteiger charge is 2.45. The van der Waals surface area contributed by atoms with Gasteiger partial charge in [0, 0.05) is 43.8 Å². The summed E-state index contributed by atoms with van der Waals surface area (Å²) in [6, 6.07) is 10.3. The number of hydrogen-bond acceptors (Lipinski definition) is 3. The van der Waals surface area contributed by atoms with Gasteiger partial charge in [-0.3, -0.25) is 14.6 Å². The van der Waals surface area contributed by atoms with Crippen LogP contribution in [-0.2, 0) is 11.3 Å². The fourth-order valence-electron chi connectivity index (χ4n) is 7.20. The van der Waals surface area contributed by atoms with Gasteiger partial charge in [-0.1, -0.05) is 30.2 Å². The summed E-state index contributed by atoms with van der Waals surface area (Å²) in [6.45, 7) is 5.78. The standard InChI is InChI=1S/C26H35N3O/c30-25-7-4-14-29(25)23-10-8-19(9-11-23)17-28-13-3-5-20-15-21-16-22(26(20)28)18-27-12-2-1-6-24(21)27/h8-11,15,21-22,24,26H,1-7,12-14,16-18H2/t21-,22-,24+,26+/m0/s1. The van der Waals surface area contributed by atoms with Crippen molar-refractivity contribution in [1.82, 2.24) is 9.80 Å². The molecule has 0 aromatic heterocycles. The lowest BCUT2D eigenvalue weighted by Crippen LogP contribution is -2.58. The van der Waals surface area contributed by atoms with Crippen molar-refractivity contribution < 1.29 is 4.79 Å². The second-order valence-corrected chi connectivity index (χ2v) is 10.3. The molecule has 0 N–H and O–H groups in total. The van der Waals surface area contributed by atoms with E-state index >= 15 is 0 Å². The van der Waals surface area contributed by atoms with Crippen LogP contribution in [0.1, 0.15) is 56.9 Å². The van der Waals surface area contributed by atoms with E-state index in [1.165, 1.54) is 63.7 Å². The molecule has 1 amide bonds. The van der Waals surface area contributed by atoms with Crippen molar-refractivity contribution >= 4 is 11.6 Å². The summed E-state index contributed by atoms with van der Waals surface area (Å²) in [5.74, 6) is 1.90. The second kappa shape index (κ2) is 7.80. The van der Waals surface area contributed by atoms with Crippen molar-refractivity contribution in [3.63, 3.8) is 0 Å². The number of carbonyl (C=O) groups is 1. The molecule has 1 aliphatic carbocycles. The van der Waals surface area contributed by atoms with Crippen LogP contribution in [-0.4, -0.2) is 54.0 Å². The molecule has 4 aliphatic heterocycles. The predicted molar refractivity (Wildman–Crippen MR) is 120 cm³/mol. The topological polar surface area (TPSA) is 26.8 Å². The first-order valence-electron chi connectivity index (χ1n) is 12.3. The van der Waals surface area contributed by atoms with Gasteiger partial charge in [0.05, 0.1) is 0 Å². The zero-order chi connectivity index (χ0) is 20.1. The van der Waals surface area contributed by atoms with Crippen LogP contribution in [0, 0.1) is 11.8 Å². The molecule has 0 unspecified atom stereocenters. The van der Waals surface area contributed by atoms with Crippen LogP contribution >= 0.6 is 0 Å². The Kier molecular flexibility index (Phi) is 4.96. The highest BCUT2D eigenvalue weighted by atomic mass is 16.2. The summed E-state index contributed by atoms with van der Waals surface area (Å²) in [4.78, 5) is 19.6. The Hall–Kier alpha value is -1.65. The maximum absolute atomic E-state index is 12.0. The van der Waals surface area contributed by atoms with E-state index in [0.29, 0.717) is 12.5 Å². The van der Waals surface area contributed by atoms with E-state index in [9.17, 15) is 4.79 Å². The molecule has 0 spiro atoms. The molecule has 4 saturated heterocycles. The summed E-state index contributed by atoms with van der Waals surface area (Å²) in [6.07, 6.45) is 12.7. The van der Waals surface area contributed by atoms with Crippen molar-refractivity contribution in [3.8, 4) is 0 Å². The van der Waals surface area contributed by atoms with Gasteiger partial charge < -0.3 is 4.90 Å². The summed E-state index contributed by atoms with van der Waals surface area (Å²) in [7, 11) is 0. The molecule has 4 nitrogen and oxygen atoms in total. The fourth-order valence-corrected chi connectivity index (χ4v) is 7.20. The fraction of sp³-hybridized carbons (Fsp3) is 0.654. The number of fused-ring (bicyclic) bond motifs is 6. The van der Waals surface area contributed by atoms with E-state index in [4.69, 9.17) is 0 Å². The van der Waals surface area contributed by atoms with Crippen molar-refractivity contribution in [2.24, 2.45) is 11.8 Å². The molecule has 30 heavy (non-hydrogen) atoms. The lowest BCUT2D eigenvalue weighted by Gasteiger charge is -2.54. The molecule has 1 aromatic rings. The van der Waals surface area contributed by atoms with Gasteiger partial charge in [-0.25, -0.2) is 0 Å². The Balaban J connectivity index is 1.20. The van der Waals surface area contributed by atoms with Crippen molar-refractivity contribution in [2.75, 3.05) is 31.1 Å². The van der Waals surface area contributed by atoms with Gasteiger partial charge in [-0.05, 0) is 81.1 Å². The summed E-state index contributed by atoms with van der Waals surface area (Å²) in [5, 5.41) is 0. The number of anilines is 1. The van der Waals surface area contributed by atoms with Crippen LogP contribution in [0.5, 0.6) is 0 Å². The largest absolute Gasteiger partial charge is 0.312 e. The minimum absolute atomic E-state index is 0.277. The summed E-state index contributed by atoms with van der Waals surface area (Å²) >= 11 is 0. The number of nitrogens with zero attached hydrogens (tertiary/aromatic N) is 3. The smallest absolute Gasteiger partial charge is 0.227 e. The van der Waals surface area contributed by atoms with E-state index < -0.39 is 0 Å². The van der Waals surface area contributed by atoms with Crippen molar-refractivity contribution in [3.05, 3.63) is 41.5 Å². The van der Waals surface area contributed by atoms with Gasteiger partial charge in [-0.2, -0.15) is 0 Å². The number of benzene rings is 1. The first-order chi connectivity index (χ1) is 14.8. The Bertz CT molecular complexity index is 831. The number of piperidine rings is 3. The van der Waals surface area contributed by atoms with Gasteiger partial charge in [0.15, 0.2) is 0 Å². The van der Waals surface area contributed by atoms with Crippen LogP contribution in [0.25, 0.3) is 0 Å². The molecule has 1 aromatic carbocycles. The predicted octanol–water partition coefficient (Wildman–Crippen LogP) is 4.21. The Labute approximate surface area is 180 Å². The molecule has 4 heteroatoms. The van der Waals surface area contributed by atoms with Crippen molar-refractivity contribution in [2.45, 2.75) is 70.0 Å². The SMILES string of the molecule is O=C1CCCN1c1ccc(CN2CCCC3=C[C@H]4C[C@@H](CN5CCCC[C@H]45)[C@@H]32)cc1. The Morgan fingerprint density at radius 1 is 0.933 bits per heavy atom. The Morgan fingerprint density at radius 3 is 2.63 bits per heavy atom. The minimum atomic E-state index is 0.277.